The van der Waals surface area contributed by atoms with Crippen LogP contribution in [-0.2, 0) is 10.0 Å². The third kappa shape index (κ3) is 5.38. The summed E-state index contributed by atoms with van der Waals surface area (Å²) >= 11 is 6.84. The molecule has 0 saturated carbocycles. The van der Waals surface area contributed by atoms with E-state index in [9.17, 15) is 8.42 Å². The molecule has 1 unspecified atom stereocenters. The van der Waals surface area contributed by atoms with Gasteiger partial charge in [-0.05, 0) is 25.1 Å². The summed E-state index contributed by atoms with van der Waals surface area (Å²) in [6.07, 6.45) is 0.827. The molecular weight excluding hydrogens is 420 g/mol. The molecule has 10 heteroatoms. The Morgan fingerprint density at radius 1 is 1.32 bits per heavy atom. The standard InChI is InChI=1S/C18H23ClN4O3S2/c1-2-20-18(23-14-9-12-26-15-6-4-3-5-13(14)15)21-10-11-22-28(24,25)17-8-7-16(19)27-17/h3-8,14,22H,2,9-12H2,1H3,(H2,20,21,23). The number of thiophene rings is 1. The number of nitrogens with one attached hydrogen (secondary N) is 3. The normalized spacial score (nSPS) is 16.9. The van der Waals surface area contributed by atoms with Gasteiger partial charge in [-0.2, -0.15) is 0 Å². The van der Waals surface area contributed by atoms with Gasteiger partial charge in [0.25, 0.3) is 0 Å². The Bertz CT molecular complexity index is 930. The molecule has 0 spiro atoms. The van der Waals surface area contributed by atoms with Crippen molar-refractivity contribution in [2.24, 2.45) is 4.99 Å². The number of nitrogens with zero attached hydrogens (tertiary/aromatic N) is 1. The van der Waals surface area contributed by atoms with Gasteiger partial charge in [-0.25, -0.2) is 13.1 Å². The Kier molecular flexibility index (Phi) is 7.17. The molecular formula is C18H23ClN4O3S2. The fourth-order valence-corrected chi connectivity index (χ4v) is 5.39. The lowest BCUT2D eigenvalue weighted by molar-refractivity contribution is 0.261. The lowest BCUT2D eigenvalue weighted by Crippen LogP contribution is -2.41. The number of ether oxygens (including phenoxy) is 1. The van der Waals surface area contributed by atoms with Crippen molar-refractivity contribution in [2.45, 2.75) is 23.6 Å². The topological polar surface area (TPSA) is 91.8 Å². The zero-order valence-corrected chi connectivity index (χ0v) is 17.8. The fraction of sp³-hybridized carbons (Fsp3) is 0.389. The first-order valence-electron chi connectivity index (χ1n) is 9.01. The van der Waals surface area contributed by atoms with Crippen molar-refractivity contribution in [2.75, 3.05) is 26.2 Å². The number of fused-ring (bicyclic) bond motifs is 1. The molecule has 152 valence electrons. The van der Waals surface area contributed by atoms with Crippen LogP contribution in [-0.4, -0.2) is 40.6 Å². The van der Waals surface area contributed by atoms with E-state index in [4.69, 9.17) is 16.3 Å². The maximum atomic E-state index is 12.2. The second kappa shape index (κ2) is 9.60. The van der Waals surface area contributed by atoms with E-state index >= 15 is 0 Å². The molecule has 3 rings (SSSR count). The van der Waals surface area contributed by atoms with Crippen LogP contribution in [0.25, 0.3) is 0 Å². The average Bonchev–Trinajstić information content (AvgIpc) is 3.13. The SMILES string of the molecule is CCNC(=NCCNS(=O)(=O)c1ccc(Cl)s1)NC1CCOc2ccccc21. The summed E-state index contributed by atoms with van der Waals surface area (Å²) in [5.41, 5.74) is 1.09. The van der Waals surface area contributed by atoms with Gasteiger partial charge in [0.2, 0.25) is 10.0 Å². The van der Waals surface area contributed by atoms with Gasteiger partial charge in [0.15, 0.2) is 5.96 Å². The molecule has 1 aromatic carbocycles. The Hall–Kier alpha value is -1.81. The van der Waals surface area contributed by atoms with Crippen LogP contribution in [0.15, 0.2) is 45.6 Å². The van der Waals surface area contributed by atoms with Crippen molar-refractivity contribution >= 4 is 38.9 Å². The van der Waals surface area contributed by atoms with Gasteiger partial charge in [0.1, 0.15) is 9.96 Å². The Morgan fingerprint density at radius 3 is 2.89 bits per heavy atom. The van der Waals surface area contributed by atoms with Gasteiger partial charge >= 0.3 is 0 Å². The highest BCUT2D eigenvalue weighted by atomic mass is 35.5. The van der Waals surface area contributed by atoms with Crippen LogP contribution < -0.4 is 20.1 Å². The van der Waals surface area contributed by atoms with E-state index in [0.29, 0.717) is 30.0 Å². The molecule has 0 bridgehead atoms. The Balaban J connectivity index is 1.59. The molecule has 2 aromatic rings. The number of rotatable bonds is 7. The number of hydrogen-bond acceptors (Lipinski definition) is 5. The van der Waals surface area contributed by atoms with Crippen molar-refractivity contribution in [1.29, 1.82) is 0 Å². The highest BCUT2D eigenvalue weighted by Gasteiger charge is 2.22. The molecule has 1 atom stereocenters. The van der Waals surface area contributed by atoms with Crippen LogP contribution in [0.4, 0.5) is 0 Å². The second-order valence-corrected chi connectivity index (χ2v) is 9.80. The smallest absolute Gasteiger partial charge is 0.250 e. The van der Waals surface area contributed by atoms with Crippen molar-refractivity contribution in [1.82, 2.24) is 15.4 Å². The van der Waals surface area contributed by atoms with E-state index in [1.54, 1.807) is 6.07 Å². The van der Waals surface area contributed by atoms with Crippen LogP contribution in [0.3, 0.4) is 0 Å². The van der Waals surface area contributed by atoms with E-state index in [1.165, 1.54) is 6.07 Å². The number of guanidine groups is 1. The number of para-hydroxylation sites is 1. The maximum absolute atomic E-state index is 12.2. The average molecular weight is 443 g/mol. The van der Waals surface area contributed by atoms with Gasteiger partial charge < -0.3 is 15.4 Å². The summed E-state index contributed by atoms with van der Waals surface area (Å²) in [5, 5.41) is 6.61. The zero-order valence-electron chi connectivity index (χ0n) is 15.4. The number of hydrogen-bond donors (Lipinski definition) is 3. The van der Waals surface area contributed by atoms with E-state index < -0.39 is 10.0 Å². The first kappa shape index (κ1) is 20.9. The van der Waals surface area contributed by atoms with E-state index in [-0.39, 0.29) is 16.8 Å². The van der Waals surface area contributed by atoms with E-state index in [0.717, 1.165) is 29.1 Å². The summed E-state index contributed by atoms with van der Waals surface area (Å²) in [5.74, 6) is 1.52. The van der Waals surface area contributed by atoms with Crippen molar-refractivity contribution in [3.63, 3.8) is 0 Å². The van der Waals surface area contributed by atoms with Crippen molar-refractivity contribution in [3.8, 4) is 5.75 Å². The molecule has 3 N–H and O–H groups in total. The first-order chi connectivity index (χ1) is 13.5. The van der Waals surface area contributed by atoms with Crippen LogP contribution in [0.1, 0.15) is 24.9 Å². The first-order valence-corrected chi connectivity index (χ1v) is 11.7. The minimum atomic E-state index is -3.56. The van der Waals surface area contributed by atoms with Crippen molar-refractivity contribution < 1.29 is 13.2 Å². The summed E-state index contributed by atoms with van der Waals surface area (Å²) in [6, 6.07) is 11.1. The quantitative estimate of drug-likeness (QED) is 0.348. The maximum Gasteiger partial charge on any atom is 0.250 e. The summed E-state index contributed by atoms with van der Waals surface area (Å²) < 4.78 is 33.3. The molecule has 2 heterocycles. The predicted octanol–water partition coefficient (Wildman–Crippen LogP) is 2.76. The minimum Gasteiger partial charge on any atom is -0.493 e. The van der Waals surface area contributed by atoms with Crippen molar-refractivity contribution in [3.05, 3.63) is 46.3 Å². The second-order valence-electron chi connectivity index (χ2n) is 6.09. The highest BCUT2D eigenvalue weighted by Crippen LogP contribution is 2.31. The number of aliphatic imine (C=N–C) groups is 1. The summed E-state index contributed by atoms with van der Waals surface area (Å²) in [6.45, 7) is 3.82. The van der Waals surface area contributed by atoms with Gasteiger partial charge in [-0.1, -0.05) is 29.8 Å². The van der Waals surface area contributed by atoms with Gasteiger partial charge in [-0.15, -0.1) is 11.3 Å². The number of benzene rings is 1. The molecule has 0 amide bonds. The molecule has 0 radical (unpaired) electrons. The fourth-order valence-electron chi connectivity index (χ4n) is 2.84. The van der Waals surface area contributed by atoms with E-state index in [1.807, 2.05) is 31.2 Å². The third-order valence-electron chi connectivity index (χ3n) is 4.10. The molecule has 1 aliphatic heterocycles. The number of halogens is 1. The third-order valence-corrected chi connectivity index (χ3v) is 7.28. The largest absolute Gasteiger partial charge is 0.493 e. The highest BCUT2D eigenvalue weighted by molar-refractivity contribution is 7.91. The summed E-state index contributed by atoms with van der Waals surface area (Å²) in [4.78, 5) is 4.49. The van der Waals surface area contributed by atoms with Gasteiger partial charge in [0, 0.05) is 25.1 Å². The molecule has 0 aliphatic carbocycles. The van der Waals surface area contributed by atoms with E-state index in [2.05, 4.69) is 20.3 Å². The van der Waals surface area contributed by atoms with Crippen LogP contribution >= 0.6 is 22.9 Å². The predicted molar refractivity (Wildman–Crippen MR) is 113 cm³/mol. The lowest BCUT2D eigenvalue weighted by Gasteiger charge is -2.28. The monoisotopic (exact) mass is 442 g/mol. The zero-order chi connectivity index (χ0) is 20.0. The Labute approximate surface area is 174 Å². The molecule has 0 saturated heterocycles. The Morgan fingerprint density at radius 2 is 2.14 bits per heavy atom. The van der Waals surface area contributed by atoms with Crippen LogP contribution in [0.5, 0.6) is 5.75 Å². The van der Waals surface area contributed by atoms with Crippen LogP contribution in [0, 0.1) is 0 Å². The van der Waals surface area contributed by atoms with Gasteiger partial charge in [-0.3, -0.25) is 4.99 Å². The summed E-state index contributed by atoms with van der Waals surface area (Å²) in [7, 11) is -3.56. The molecule has 1 aromatic heterocycles. The molecule has 0 fully saturated rings. The molecule has 7 nitrogen and oxygen atoms in total. The molecule has 28 heavy (non-hydrogen) atoms. The molecule has 1 aliphatic rings. The van der Waals surface area contributed by atoms with Crippen LogP contribution in [0.2, 0.25) is 4.34 Å². The van der Waals surface area contributed by atoms with Gasteiger partial charge in [0.05, 0.1) is 23.5 Å². The lowest BCUT2D eigenvalue weighted by atomic mass is 10.0. The minimum absolute atomic E-state index is 0.0905. The number of sulfonamides is 1.